The van der Waals surface area contributed by atoms with Crippen molar-refractivity contribution in [1.29, 1.82) is 0 Å². The molecule has 3 aliphatic rings. The Morgan fingerprint density at radius 2 is 1.55 bits per heavy atom. The third-order valence-electron chi connectivity index (χ3n) is 12.3. The van der Waals surface area contributed by atoms with E-state index in [9.17, 15) is 4.79 Å². The molecule has 4 rings (SSSR count). The molecule has 0 saturated carbocycles. The summed E-state index contributed by atoms with van der Waals surface area (Å²) in [6, 6.07) is 7.77. The molecule has 0 bridgehead atoms. The predicted molar refractivity (Wildman–Crippen MR) is 219 cm³/mol. The van der Waals surface area contributed by atoms with E-state index in [1.165, 1.54) is 7.11 Å². The lowest BCUT2D eigenvalue weighted by atomic mass is 9.79. The normalized spacial score (nSPS) is 28.5. The zero-order valence-corrected chi connectivity index (χ0v) is 37.7. The molecule has 10 atom stereocenters. The van der Waals surface area contributed by atoms with Crippen LogP contribution in [-0.2, 0) is 53.7 Å². The van der Waals surface area contributed by atoms with Crippen molar-refractivity contribution in [2.24, 2.45) is 23.7 Å². The number of hydrogen-bond donors (Lipinski definition) is 0. The Labute approximate surface area is 338 Å². The maximum Gasteiger partial charge on any atom is 0.308 e. The van der Waals surface area contributed by atoms with Crippen LogP contribution in [0.1, 0.15) is 99.5 Å². The van der Waals surface area contributed by atoms with Gasteiger partial charge in [-0.05, 0) is 79.8 Å². The lowest BCUT2D eigenvalue weighted by Crippen LogP contribution is -2.61. The minimum absolute atomic E-state index is 0.0131. The Morgan fingerprint density at radius 1 is 0.946 bits per heavy atom. The molecule has 12 heteroatoms. The molecule has 0 N–H and O–H groups in total. The standard InChI is InChI=1S/C44H74O11Si/c1-30-23-37(53-44(26-30)27-31(2)24-38(54-44)41(50-29-46-9)43(8)51-21-22-52-43)40(55-56(12,13)42(5,6)7)33(4)16-14-15-32(3)36(25-39(45)48-11)49-28-34-17-19-35(47-10)20-18-34/h14-15,17-20,30-33,36-38,40-41H,16,21-29H2,1-13H3/b15-14+/t30-,31+,32+,33-,36-,37-,38-,40-,41+,44-/m0/s1. The minimum atomic E-state index is -2.23. The van der Waals surface area contributed by atoms with Gasteiger partial charge in [-0.2, -0.15) is 0 Å². The van der Waals surface area contributed by atoms with Crippen molar-refractivity contribution in [3.8, 4) is 5.75 Å². The van der Waals surface area contributed by atoms with Gasteiger partial charge in [-0.25, -0.2) is 0 Å². The molecule has 3 saturated heterocycles. The molecule has 3 heterocycles. The van der Waals surface area contributed by atoms with E-state index in [0.29, 0.717) is 31.7 Å². The highest BCUT2D eigenvalue weighted by molar-refractivity contribution is 6.74. The molecule has 0 unspecified atom stereocenters. The Kier molecular flexibility index (Phi) is 17.1. The van der Waals surface area contributed by atoms with Crippen molar-refractivity contribution in [1.82, 2.24) is 0 Å². The van der Waals surface area contributed by atoms with E-state index >= 15 is 0 Å². The van der Waals surface area contributed by atoms with Crippen LogP contribution in [0, 0.1) is 23.7 Å². The van der Waals surface area contributed by atoms with E-state index in [1.54, 1.807) is 14.2 Å². The third kappa shape index (κ3) is 12.6. The number of methoxy groups -OCH3 is 3. The van der Waals surface area contributed by atoms with Crippen molar-refractivity contribution >= 4 is 14.3 Å². The Hall–Kier alpha value is -1.87. The van der Waals surface area contributed by atoms with Gasteiger partial charge in [0.15, 0.2) is 19.9 Å². The molecular weight excluding hydrogens is 733 g/mol. The molecule has 1 aromatic rings. The smallest absolute Gasteiger partial charge is 0.308 e. The average molecular weight is 807 g/mol. The molecule has 1 spiro atoms. The minimum Gasteiger partial charge on any atom is -0.497 e. The van der Waals surface area contributed by atoms with Gasteiger partial charge in [0.1, 0.15) is 18.6 Å². The summed E-state index contributed by atoms with van der Waals surface area (Å²) >= 11 is 0. The van der Waals surface area contributed by atoms with Crippen molar-refractivity contribution in [3.63, 3.8) is 0 Å². The number of ether oxygens (including phenoxy) is 9. The van der Waals surface area contributed by atoms with Crippen LogP contribution >= 0.6 is 0 Å². The fraction of sp³-hybridized carbons (Fsp3) is 0.795. The number of hydrogen-bond acceptors (Lipinski definition) is 11. The first kappa shape index (κ1) is 46.8. The van der Waals surface area contributed by atoms with E-state index in [1.807, 2.05) is 31.2 Å². The summed E-state index contributed by atoms with van der Waals surface area (Å²) in [5, 5.41) is 0.0131. The Morgan fingerprint density at radius 3 is 2.12 bits per heavy atom. The summed E-state index contributed by atoms with van der Waals surface area (Å²) in [5.41, 5.74) is 1.01. The highest BCUT2D eigenvalue weighted by Crippen LogP contribution is 2.48. The van der Waals surface area contributed by atoms with Crippen molar-refractivity contribution in [3.05, 3.63) is 42.0 Å². The molecular formula is C44H74O11Si. The molecule has 1 aromatic carbocycles. The monoisotopic (exact) mass is 807 g/mol. The van der Waals surface area contributed by atoms with Gasteiger partial charge in [0.25, 0.3) is 0 Å². The van der Waals surface area contributed by atoms with Crippen LogP contribution in [-0.4, -0.2) is 97.7 Å². The molecule has 0 aliphatic carbocycles. The summed E-state index contributed by atoms with van der Waals surface area (Å²) in [4.78, 5) is 12.4. The number of allylic oxidation sites excluding steroid dienone is 1. The number of carbonyl (C=O) groups is 1. The van der Waals surface area contributed by atoms with E-state index in [2.05, 4.69) is 73.7 Å². The summed E-state index contributed by atoms with van der Waals surface area (Å²) in [6.07, 6.45) is 7.08. The van der Waals surface area contributed by atoms with E-state index in [0.717, 1.165) is 43.4 Å². The molecule has 0 aromatic heterocycles. The van der Waals surface area contributed by atoms with Gasteiger partial charge in [-0.15, -0.1) is 0 Å². The summed E-state index contributed by atoms with van der Waals surface area (Å²) in [5.74, 6) is -0.478. The number of rotatable bonds is 19. The van der Waals surface area contributed by atoms with Crippen molar-refractivity contribution in [2.75, 3.05) is 41.3 Å². The van der Waals surface area contributed by atoms with Crippen LogP contribution in [0.25, 0.3) is 0 Å². The first-order valence-electron chi connectivity index (χ1n) is 20.7. The highest BCUT2D eigenvalue weighted by atomic mass is 28.4. The van der Waals surface area contributed by atoms with E-state index in [4.69, 9.17) is 47.1 Å². The van der Waals surface area contributed by atoms with Crippen LogP contribution in [0.3, 0.4) is 0 Å². The van der Waals surface area contributed by atoms with Crippen LogP contribution in [0.4, 0.5) is 0 Å². The van der Waals surface area contributed by atoms with E-state index < -0.39 is 26.0 Å². The van der Waals surface area contributed by atoms with Gasteiger partial charge < -0.3 is 47.1 Å². The zero-order chi connectivity index (χ0) is 41.3. The number of benzene rings is 1. The molecule has 3 aliphatic heterocycles. The van der Waals surface area contributed by atoms with Crippen LogP contribution in [0.15, 0.2) is 36.4 Å². The second kappa shape index (κ2) is 20.4. The first-order chi connectivity index (χ1) is 26.3. The molecule has 0 amide bonds. The predicted octanol–water partition coefficient (Wildman–Crippen LogP) is 8.83. The lowest BCUT2D eigenvalue weighted by molar-refractivity contribution is -0.367. The molecule has 320 valence electrons. The SMILES string of the molecule is COCO[C@H]([C@@H]1C[C@@H](C)C[C@]2(C[C@@H](C)C[C@@H]([C@@H](O[Si](C)(C)C(C)(C)C)[C@@H](C)C/C=C/[C@@H](C)[C@H](CC(=O)OC)OCc3ccc(OC)cc3)O2)O1)C1(C)OCCO1. The number of carbonyl (C=O) groups excluding carboxylic acids is 1. The Balaban J connectivity index is 1.55. The van der Waals surface area contributed by atoms with Gasteiger partial charge in [-0.1, -0.05) is 72.8 Å². The van der Waals surface area contributed by atoms with Crippen LogP contribution in [0.5, 0.6) is 5.75 Å². The fourth-order valence-electron chi connectivity index (χ4n) is 8.20. The van der Waals surface area contributed by atoms with Crippen molar-refractivity contribution < 1.29 is 51.9 Å². The zero-order valence-electron chi connectivity index (χ0n) is 36.7. The van der Waals surface area contributed by atoms with Gasteiger partial charge in [0.2, 0.25) is 0 Å². The first-order valence-corrected chi connectivity index (χ1v) is 23.6. The topological polar surface area (TPSA) is 109 Å². The molecule has 11 nitrogen and oxygen atoms in total. The fourth-order valence-corrected chi connectivity index (χ4v) is 9.62. The second-order valence-electron chi connectivity index (χ2n) is 18.3. The van der Waals surface area contributed by atoms with Crippen LogP contribution < -0.4 is 4.74 Å². The molecule has 56 heavy (non-hydrogen) atoms. The van der Waals surface area contributed by atoms with Crippen LogP contribution in [0.2, 0.25) is 18.1 Å². The van der Waals surface area contributed by atoms with Crippen molar-refractivity contribution in [2.45, 2.75) is 161 Å². The lowest BCUT2D eigenvalue weighted by Gasteiger charge is -2.54. The second-order valence-corrected chi connectivity index (χ2v) is 23.1. The average Bonchev–Trinajstić information content (AvgIpc) is 3.58. The summed E-state index contributed by atoms with van der Waals surface area (Å²) in [7, 11) is 2.45. The van der Waals surface area contributed by atoms with Gasteiger partial charge in [-0.3, -0.25) is 4.79 Å². The number of esters is 1. The largest absolute Gasteiger partial charge is 0.497 e. The van der Waals surface area contributed by atoms with E-state index in [-0.39, 0.29) is 60.5 Å². The van der Waals surface area contributed by atoms with Gasteiger partial charge in [0.05, 0.1) is 64.9 Å². The third-order valence-corrected chi connectivity index (χ3v) is 16.8. The highest BCUT2D eigenvalue weighted by Gasteiger charge is 2.55. The maximum atomic E-state index is 12.4. The maximum absolute atomic E-state index is 12.4. The summed E-state index contributed by atoms with van der Waals surface area (Å²) < 4.78 is 62.3. The Bertz CT molecular complexity index is 1370. The van der Waals surface area contributed by atoms with Gasteiger partial charge in [0, 0.05) is 25.9 Å². The summed E-state index contributed by atoms with van der Waals surface area (Å²) in [6.45, 7) is 23.9. The van der Waals surface area contributed by atoms with Gasteiger partial charge >= 0.3 is 5.97 Å². The molecule has 0 radical (unpaired) electrons. The quantitative estimate of drug-likeness (QED) is 0.0579. The molecule has 3 fully saturated rings.